The third-order valence-corrected chi connectivity index (χ3v) is 6.23. The van der Waals surface area contributed by atoms with Crippen LogP contribution in [0.25, 0.3) is 0 Å². The van der Waals surface area contributed by atoms with Crippen LogP contribution in [0.5, 0.6) is 11.5 Å². The SMILES string of the molecule is Clc1cccc(CCCN2CCN(CCOCc3cccc(Oc4ccccc4)c3)CC2)c1. The Labute approximate surface area is 202 Å². The van der Waals surface area contributed by atoms with Crippen LogP contribution in [0.4, 0.5) is 0 Å². The number of hydrogen-bond donors (Lipinski definition) is 0. The number of nitrogens with zero attached hydrogens (tertiary/aromatic N) is 2. The first-order chi connectivity index (χ1) is 16.2. The molecule has 3 aromatic carbocycles. The molecule has 0 spiro atoms. The van der Waals surface area contributed by atoms with E-state index in [2.05, 4.69) is 34.1 Å². The summed E-state index contributed by atoms with van der Waals surface area (Å²) in [6, 6.07) is 26.2. The van der Waals surface area contributed by atoms with Crippen LogP contribution in [-0.4, -0.2) is 55.7 Å². The van der Waals surface area contributed by atoms with Gasteiger partial charge in [-0.15, -0.1) is 0 Å². The Bertz CT molecular complexity index is 974. The van der Waals surface area contributed by atoms with Gasteiger partial charge in [-0.1, -0.05) is 54.1 Å². The van der Waals surface area contributed by atoms with Gasteiger partial charge in [0, 0.05) is 37.7 Å². The molecule has 1 saturated heterocycles. The molecule has 1 heterocycles. The number of aryl methyl sites for hydroxylation is 1. The lowest BCUT2D eigenvalue weighted by Crippen LogP contribution is -2.47. The minimum absolute atomic E-state index is 0.607. The van der Waals surface area contributed by atoms with E-state index in [4.69, 9.17) is 21.1 Å². The Balaban J connectivity index is 1.09. The second kappa shape index (κ2) is 12.8. The second-order valence-electron chi connectivity index (χ2n) is 8.53. The summed E-state index contributed by atoms with van der Waals surface area (Å²) in [5.74, 6) is 1.69. The Hall–Kier alpha value is -2.37. The van der Waals surface area contributed by atoms with Crippen LogP contribution in [0.3, 0.4) is 0 Å². The molecule has 0 N–H and O–H groups in total. The summed E-state index contributed by atoms with van der Waals surface area (Å²) < 4.78 is 11.9. The molecule has 1 aliphatic rings. The number of benzene rings is 3. The second-order valence-corrected chi connectivity index (χ2v) is 8.97. The lowest BCUT2D eigenvalue weighted by molar-refractivity contribution is 0.0682. The topological polar surface area (TPSA) is 24.9 Å². The van der Waals surface area contributed by atoms with Crippen molar-refractivity contribution in [3.05, 3.63) is 95.0 Å². The lowest BCUT2D eigenvalue weighted by atomic mass is 10.1. The highest BCUT2D eigenvalue weighted by Gasteiger charge is 2.16. The molecule has 4 nitrogen and oxygen atoms in total. The summed E-state index contributed by atoms with van der Waals surface area (Å²) in [5.41, 5.74) is 2.46. The van der Waals surface area contributed by atoms with Gasteiger partial charge in [0.1, 0.15) is 11.5 Å². The molecule has 3 aromatic rings. The molecule has 5 heteroatoms. The number of piperazine rings is 1. The number of hydrogen-bond acceptors (Lipinski definition) is 4. The molecule has 0 amide bonds. The van der Waals surface area contributed by atoms with Gasteiger partial charge in [-0.2, -0.15) is 0 Å². The average molecular weight is 465 g/mol. The predicted molar refractivity (Wildman–Crippen MR) is 135 cm³/mol. The van der Waals surface area contributed by atoms with Crippen molar-refractivity contribution in [1.29, 1.82) is 0 Å². The van der Waals surface area contributed by atoms with E-state index in [1.54, 1.807) is 0 Å². The number of para-hydroxylation sites is 1. The van der Waals surface area contributed by atoms with Crippen LogP contribution in [0.1, 0.15) is 17.5 Å². The van der Waals surface area contributed by atoms with Crippen LogP contribution in [0, 0.1) is 0 Å². The predicted octanol–water partition coefficient (Wildman–Crippen LogP) is 5.90. The Morgan fingerprint density at radius 1 is 0.697 bits per heavy atom. The maximum atomic E-state index is 6.08. The van der Waals surface area contributed by atoms with Gasteiger partial charge >= 0.3 is 0 Å². The van der Waals surface area contributed by atoms with Gasteiger partial charge < -0.3 is 14.4 Å². The summed E-state index contributed by atoms with van der Waals surface area (Å²) in [7, 11) is 0. The van der Waals surface area contributed by atoms with Crippen LogP contribution in [-0.2, 0) is 17.8 Å². The molecular weight excluding hydrogens is 432 g/mol. The van der Waals surface area contributed by atoms with E-state index >= 15 is 0 Å². The number of ether oxygens (including phenoxy) is 2. The molecule has 174 valence electrons. The van der Waals surface area contributed by atoms with Crippen molar-refractivity contribution in [2.75, 3.05) is 45.9 Å². The van der Waals surface area contributed by atoms with Crippen molar-refractivity contribution in [2.24, 2.45) is 0 Å². The quantitative estimate of drug-likeness (QED) is 0.330. The maximum Gasteiger partial charge on any atom is 0.127 e. The minimum Gasteiger partial charge on any atom is -0.457 e. The third-order valence-electron chi connectivity index (χ3n) is 5.99. The zero-order chi connectivity index (χ0) is 22.7. The fraction of sp³-hybridized carbons (Fsp3) is 0.357. The largest absolute Gasteiger partial charge is 0.457 e. The van der Waals surface area contributed by atoms with E-state index in [9.17, 15) is 0 Å². The molecule has 33 heavy (non-hydrogen) atoms. The van der Waals surface area contributed by atoms with Gasteiger partial charge in [0.05, 0.1) is 13.2 Å². The molecule has 0 unspecified atom stereocenters. The van der Waals surface area contributed by atoms with E-state index in [0.29, 0.717) is 6.61 Å². The monoisotopic (exact) mass is 464 g/mol. The molecule has 0 radical (unpaired) electrons. The molecule has 1 fully saturated rings. The zero-order valence-electron chi connectivity index (χ0n) is 19.2. The van der Waals surface area contributed by atoms with Crippen molar-refractivity contribution in [3.8, 4) is 11.5 Å². The highest BCUT2D eigenvalue weighted by molar-refractivity contribution is 6.30. The smallest absolute Gasteiger partial charge is 0.127 e. The average Bonchev–Trinajstić information content (AvgIpc) is 2.84. The Morgan fingerprint density at radius 2 is 1.39 bits per heavy atom. The van der Waals surface area contributed by atoms with Crippen molar-refractivity contribution in [2.45, 2.75) is 19.4 Å². The fourth-order valence-electron chi connectivity index (χ4n) is 4.14. The summed E-state index contributed by atoms with van der Waals surface area (Å²) >= 11 is 6.08. The molecule has 4 rings (SSSR count). The molecule has 0 saturated carbocycles. The van der Waals surface area contributed by atoms with Crippen molar-refractivity contribution in [1.82, 2.24) is 9.80 Å². The first-order valence-electron chi connectivity index (χ1n) is 11.8. The number of rotatable bonds is 11. The lowest BCUT2D eigenvalue weighted by Gasteiger charge is -2.34. The molecule has 0 aromatic heterocycles. The van der Waals surface area contributed by atoms with Gasteiger partial charge in [-0.25, -0.2) is 0 Å². The van der Waals surface area contributed by atoms with Gasteiger partial charge in [0.2, 0.25) is 0 Å². The highest BCUT2D eigenvalue weighted by Crippen LogP contribution is 2.22. The molecule has 0 atom stereocenters. The standard InChI is InChI=1S/C28H33ClN2O2/c29-26-10-4-7-24(21-26)9-6-14-30-15-17-31(18-16-30)19-20-32-23-25-8-5-13-28(22-25)33-27-11-2-1-3-12-27/h1-5,7-8,10-13,21-22H,6,9,14-20,23H2. The highest BCUT2D eigenvalue weighted by atomic mass is 35.5. The van der Waals surface area contributed by atoms with E-state index in [1.165, 1.54) is 12.0 Å². The normalized spacial score (nSPS) is 14.9. The fourth-order valence-corrected chi connectivity index (χ4v) is 4.36. The first kappa shape index (κ1) is 23.8. The first-order valence-corrected chi connectivity index (χ1v) is 12.2. The number of halogens is 1. The van der Waals surface area contributed by atoms with Gasteiger partial charge in [0.15, 0.2) is 0 Å². The van der Waals surface area contributed by atoms with E-state index in [0.717, 1.165) is 74.4 Å². The zero-order valence-corrected chi connectivity index (χ0v) is 19.9. The van der Waals surface area contributed by atoms with Crippen molar-refractivity contribution in [3.63, 3.8) is 0 Å². The van der Waals surface area contributed by atoms with Crippen molar-refractivity contribution >= 4 is 11.6 Å². The minimum atomic E-state index is 0.607. The molecule has 0 aliphatic carbocycles. The van der Waals surface area contributed by atoms with E-state index < -0.39 is 0 Å². The summed E-state index contributed by atoms with van der Waals surface area (Å²) in [6.45, 7) is 7.98. The molecule has 0 bridgehead atoms. The summed E-state index contributed by atoms with van der Waals surface area (Å²) in [4.78, 5) is 5.07. The van der Waals surface area contributed by atoms with Crippen LogP contribution < -0.4 is 4.74 Å². The van der Waals surface area contributed by atoms with E-state index in [-0.39, 0.29) is 0 Å². The van der Waals surface area contributed by atoms with Crippen molar-refractivity contribution < 1.29 is 9.47 Å². The third kappa shape index (κ3) is 8.17. The van der Waals surface area contributed by atoms with Crippen LogP contribution in [0.2, 0.25) is 5.02 Å². The van der Waals surface area contributed by atoms with Crippen LogP contribution >= 0.6 is 11.6 Å². The molecular formula is C28H33ClN2O2. The van der Waals surface area contributed by atoms with E-state index in [1.807, 2.05) is 54.6 Å². The van der Waals surface area contributed by atoms with Crippen LogP contribution in [0.15, 0.2) is 78.9 Å². The Morgan fingerprint density at radius 3 is 2.18 bits per heavy atom. The van der Waals surface area contributed by atoms with Gasteiger partial charge in [0.25, 0.3) is 0 Å². The Kier molecular flexibility index (Phi) is 9.19. The molecule has 1 aliphatic heterocycles. The maximum absolute atomic E-state index is 6.08. The van der Waals surface area contributed by atoms with Gasteiger partial charge in [-0.05, 0) is 66.9 Å². The summed E-state index contributed by atoms with van der Waals surface area (Å²) in [5, 5.41) is 0.830. The summed E-state index contributed by atoms with van der Waals surface area (Å²) in [6.07, 6.45) is 2.27. The van der Waals surface area contributed by atoms with Gasteiger partial charge in [-0.3, -0.25) is 4.90 Å².